The van der Waals surface area contributed by atoms with E-state index in [2.05, 4.69) is 46.7 Å². The monoisotopic (exact) mass is 263 g/mol. The maximum Gasteiger partial charge on any atom is 0.131 e. The van der Waals surface area contributed by atoms with E-state index in [0.29, 0.717) is 11.5 Å². The van der Waals surface area contributed by atoms with Crippen molar-refractivity contribution in [2.45, 2.75) is 39.7 Å². The molecule has 1 aliphatic heterocycles. The number of nitrogens with zero attached hydrogens (tertiary/aromatic N) is 2. The molecule has 0 atom stereocenters. The summed E-state index contributed by atoms with van der Waals surface area (Å²) in [6, 6.07) is 2.49. The Morgan fingerprint density at radius 1 is 1.32 bits per heavy atom. The molecule has 0 saturated carbocycles. The molecule has 0 aliphatic carbocycles. The van der Waals surface area contributed by atoms with Gasteiger partial charge in [-0.1, -0.05) is 27.2 Å². The molecule has 2 rings (SSSR count). The third-order valence-electron chi connectivity index (χ3n) is 3.48. The standard InChI is InChI=1S/C14H25N5/c1-4-5-14(2,3)9-16-12-6-13(18-10-17-12)19-11-7-15-8-11/h6,10-11,15H,4-5,7-9H2,1-3H3,(H2,16,17,18,19). The van der Waals surface area contributed by atoms with Gasteiger partial charge < -0.3 is 16.0 Å². The second-order valence-electron chi connectivity index (χ2n) is 6.06. The maximum absolute atomic E-state index is 4.28. The predicted octanol–water partition coefficient (Wildman–Crippen LogP) is 2.10. The largest absolute Gasteiger partial charge is 0.369 e. The molecule has 0 aromatic carbocycles. The number of nitrogens with one attached hydrogen (secondary N) is 3. The zero-order chi connectivity index (χ0) is 13.7. The van der Waals surface area contributed by atoms with E-state index >= 15 is 0 Å². The number of anilines is 2. The van der Waals surface area contributed by atoms with Crippen molar-refractivity contribution in [3.63, 3.8) is 0 Å². The van der Waals surface area contributed by atoms with Gasteiger partial charge in [-0.05, 0) is 11.8 Å². The summed E-state index contributed by atoms with van der Waals surface area (Å²) in [7, 11) is 0. The Balaban J connectivity index is 1.87. The normalized spacial score (nSPS) is 15.9. The molecule has 1 aromatic heterocycles. The lowest BCUT2D eigenvalue weighted by Gasteiger charge is -2.28. The van der Waals surface area contributed by atoms with E-state index in [4.69, 9.17) is 0 Å². The number of aromatic nitrogens is 2. The van der Waals surface area contributed by atoms with Crippen LogP contribution in [0.2, 0.25) is 0 Å². The lowest BCUT2D eigenvalue weighted by molar-refractivity contribution is 0.354. The second-order valence-corrected chi connectivity index (χ2v) is 6.06. The van der Waals surface area contributed by atoms with Crippen LogP contribution in [0, 0.1) is 5.41 Å². The summed E-state index contributed by atoms with van der Waals surface area (Å²) < 4.78 is 0. The van der Waals surface area contributed by atoms with Crippen LogP contribution < -0.4 is 16.0 Å². The van der Waals surface area contributed by atoms with Crippen LogP contribution in [-0.2, 0) is 0 Å². The lowest BCUT2D eigenvalue weighted by atomic mass is 9.88. The molecule has 3 N–H and O–H groups in total. The van der Waals surface area contributed by atoms with Crippen LogP contribution in [0.1, 0.15) is 33.6 Å². The van der Waals surface area contributed by atoms with Crippen LogP contribution in [0.4, 0.5) is 11.6 Å². The van der Waals surface area contributed by atoms with Gasteiger partial charge in [0, 0.05) is 25.7 Å². The Morgan fingerprint density at radius 3 is 2.68 bits per heavy atom. The van der Waals surface area contributed by atoms with Gasteiger partial charge in [-0.2, -0.15) is 0 Å². The first kappa shape index (κ1) is 14.1. The summed E-state index contributed by atoms with van der Waals surface area (Å²) >= 11 is 0. The highest BCUT2D eigenvalue weighted by Crippen LogP contribution is 2.22. The Morgan fingerprint density at radius 2 is 2.05 bits per heavy atom. The van der Waals surface area contributed by atoms with E-state index in [-0.39, 0.29) is 0 Å². The molecule has 106 valence electrons. The van der Waals surface area contributed by atoms with Crippen molar-refractivity contribution >= 4 is 11.6 Å². The van der Waals surface area contributed by atoms with Crippen LogP contribution in [0.5, 0.6) is 0 Å². The molecule has 19 heavy (non-hydrogen) atoms. The fourth-order valence-corrected chi connectivity index (χ4v) is 2.23. The predicted molar refractivity (Wildman–Crippen MR) is 79.5 cm³/mol. The van der Waals surface area contributed by atoms with Crippen LogP contribution >= 0.6 is 0 Å². The molecule has 0 spiro atoms. The Kier molecular flexibility index (Phi) is 4.58. The highest BCUT2D eigenvalue weighted by Gasteiger charge is 2.18. The van der Waals surface area contributed by atoms with Gasteiger partial charge in [0.1, 0.15) is 18.0 Å². The highest BCUT2D eigenvalue weighted by molar-refractivity contribution is 5.47. The van der Waals surface area contributed by atoms with Crippen molar-refractivity contribution in [3.8, 4) is 0 Å². The van der Waals surface area contributed by atoms with E-state index in [0.717, 1.165) is 31.3 Å². The Bertz CT molecular complexity index is 401. The van der Waals surface area contributed by atoms with E-state index in [1.165, 1.54) is 12.8 Å². The fraction of sp³-hybridized carbons (Fsp3) is 0.714. The summed E-state index contributed by atoms with van der Waals surface area (Å²) in [5, 5.41) is 10.0. The zero-order valence-electron chi connectivity index (χ0n) is 12.2. The van der Waals surface area contributed by atoms with Crippen LogP contribution in [0.15, 0.2) is 12.4 Å². The minimum atomic E-state index is 0.297. The van der Waals surface area contributed by atoms with Crippen LogP contribution in [0.25, 0.3) is 0 Å². The van der Waals surface area contributed by atoms with Crippen LogP contribution in [0.3, 0.4) is 0 Å². The van der Waals surface area contributed by atoms with E-state index in [9.17, 15) is 0 Å². The molecule has 0 bridgehead atoms. The fourth-order valence-electron chi connectivity index (χ4n) is 2.23. The molecule has 0 radical (unpaired) electrons. The van der Waals surface area contributed by atoms with Gasteiger partial charge in [0.25, 0.3) is 0 Å². The average molecular weight is 263 g/mol. The zero-order valence-corrected chi connectivity index (χ0v) is 12.2. The molecule has 0 unspecified atom stereocenters. The smallest absolute Gasteiger partial charge is 0.131 e. The first-order chi connectivity index (χ1) is 9.09. The van der Waals surface area contributed by atoms with Gasteiger partial charge in [0.2, 0.25) is 0 Å². The quantitative estimate of drug-likeness (QED) is 0.703. The van der Waals surface area contributed by atoms with Crippen LogP contribution in [-0.4, -0.2) is 35.6 Å². The van der Waals surface area contributed by atoms with Crippen molar-refractivity contribution in [2.75, 3.05) is 30.3 Å². The van der Waals surface area contributed by atoms with Gasteiger partial charge in [0.15, 0.2) is 0 Å². The molecular formula is C14H25N5. The summed E-state index contributed by atoms with van der Waals surface area (Å²) in [4.78, 5) is 8.53. The number of rotatable bonds is 7. The van der Waals surface area contributed by atoms with Crippen molar-refractivity contribution in [3.05, 3.63) is 12.4 Å². The van der Waals surface area contributed by atoms with E-state index in [1.807, 2.05) is 6.07 Å². The molecular weight excluding hydrogens is 238 g/mol. The van der Waals surface area contributed by atoms with Crippen molar-refractivity contribution in [1.29, 1.82) is 0 Å². The molecule has 1 aliphatic rings. The van der Waals surface area contributed by atoms with E-state index in [1.54, 1.807) is 6.33 Å². The second kappa shape index (κ2) is 6.19. The highest BCUT2D eigenvalue weighted by atomic mass is 15.1. The first-order valence-electron chi connectivity index (χ1n) is 7.12. The molecule has 2 heterocycles. The Hall–Kier alpha value is -1.36. The summed E-state index contributed by atoms with van der Waals surface area (Å²) in [6.07, 6.45) is 4.04. The van der Waals surface area contributed by atoms with Gasteiger partial charge in [0.05, 0.1) is 6.04 Å². The summed E-state index contributed by atoms with van der Waals surface area (Å²) in [5.41, 5.74) is 0.297. The van der Waals surface area contributed by atoms with Gasteiger partial charge >= 0.3 is 0 Å². The minimum Gasteiger partial charge on any atom is -0.369 e. The molecule has 5 nitrogen and oxygen atoms in total. The number of hydrogen-bond acceptors (Lipinski definition) is 5. The average Bonchev–Trinajstić information content (AvgIpc) is 2.32. The molecule has 5 heteroatoms. The van der Waals surface area contributed by atoms with E-state index < -0.39 is 0 Å². The molecule has 0 amide bonds. The maximum atomic E-state index is 4.28. The Labute approximate surface area is 115 Å². The third-order valence-corrected chi connectivity index (χ3v) is 3.48. The molecule has 1 aromatic rings. The van der Waals surface area contributed by atoms with Gasteiger partial charge in [-0.3, -0.25) is 0 Å². The lowest BCUT2D eigenvalue weighted by Crippen LogP contribution is -2.51. The van der Waals surface area contributed by atoms with Gasteiger partial charge in [-0.15, -0.1) is 0 Å². The summed E-state index contributed by atoms with van der Waals surface area (Å²) in [5.74, 6) is 1.80. The third kappa shape index (κ3) is 4.35. The number of hydrogen-bond donors (Lipinski definition) is 3. The molecule has 1 fully saturated rings. The topological polar surface area (TPSA) is 61.9 Å². The first-order valence-corrected chi connectivity index (χ1v) is 7.12. The minimum absolute atomic E-state index is 0.297. The SMILES string of the molecule is CCCC(C)(C)CNc1cc(NC2CNC2)ncn1. The van der Waals surface area contributed by atoms with Crippen molar-refractivity contribution < 1.29 is 0 Å². The molecule has 1 saturated heterocycles. The van der Waals surface area contributed by atoms with Gasteiger partial charge in [-0.25, -0.2) is 9.97 Å². The van der Waals surface area contributed by atoms with Crippen molar-refractivity contribution in [1.82, 2.24) is 15.3 Å². The summed E-state index contributed by atoms with van der Waals surface area (Å²) in [6.45, 7) is 9.74. The van der Waals surface area contributed by atoms with Crippen molar-refractivity contribution in [2.24, 2.45) is 5.41 Å².